The van der Waals surface area contributed by atoms with Crippen LogP contribution in [0, 0.1) is 5.92 Å². The molecular weight excluding hydrogens is 384 g/mol. The number of nitrogens with one attached hydrogen (secondary N) is 2. The van der Waals surface area contributed by atoms with Crippen LogP contribution < -0.4 is 16.6 Å². The molecule has 0 aliphatic carbocycles. The number of unbranched alkanes of at least 4 members (excludes halogenated alkanes) is 1. The molecule has 2 heterocycles. The molecule has 0 spiro atoms. The minimum Gasteiger partial charge on any atom is -0.356 e. The van der Waals surface area contributed by atoms with Crippen LogP contribution in [0.15, 0.2) is 33.9 Å². The van der Waals surface area contributed by atoms with Crippen LogP contribution in [0.25, 0.3) is 10.9 Å². The average molecular weight is 415 g/mol. The van der Waals surface area contributed by atoms with E-state index in [2.05, 4.69) is 17.2 Å². The number of likely N-dealkylation sites (tertiary alicyclic amines) is 1. The van der Waals surface area contributed by atoms with Gasteiger partial charge in [-0.2, -0.15) is 0 Å². The Kier molecular flexibility index (Phi) is 7.07. The number of para-hydroxylation sites is 1. The van der Waals surface area contributed by atoms with E-state index in [4.69, 9.17) is 0 Å². The molecular formula is C22H30N4O4. The molecule has 1 aromatic heterocycles. The maximum atomic E-state index is 12.9. The molecule has 30 heavy (non-hydrogen) atoms. The van der Waals surface area contributed by atoms with E-state index in [-0.39, 0.29) is 36.7 Å². The molecule has 1 aliphatic rings. The van der Waals surface area contributed by atoms with Gasteiger partial charge in [0.25, 0.3) is 5.56 Å². The van der Waals surface area contributed by atoms with Crippen LogP contribution in [-0.2, 0) is 16.1 Å². The van der Waals surface area contributed by atoms with Crippen molar-refractivity contribution in [3.8, 4) is 0 Å². The average Bonchev–Trinajstić information content (AvgIpc) is 2.73. The number of carbonyl (C=O) groups is 2. The summed E-state index contributed by atoms with van der Waals surface area (Å²) in [7, 11) is 0. The molecule has 3 rings (SSSR count). The predicted octanol–water partition coefficient (Wildman–Crippen LogP) is 1.62. The lowest BCUT2D eigenvalue weighted by molar-refractivity contribution is -0.138. The van der Waals surface area contributed by atoms with Gasteiger partial charge < -0.3 is 10.2 Å². The number of aryl methyl sites for hydroxylation is 1. The first-order valence-electron chi connectivity index (χ1n) is 10.7. The number of rotatable bonds is 7. The van der Waals surface area contributed by atoms with Crippen LogP contribution in [0.1, 0.15) is 46.0 Å². The Labute approximate surface area is 175 Å². The van der Waals surface area contributed by atoms with Crippen molar-refractivity contribution in [1.29, 1.82) is 0 Å². The maximum absolute atomic E-state index is 12.9. The van der Waals surface area contributed by atoms with Crippen LogP contribution in [0.5, 0.6) is 0 Å². The van der Waals surface area contributed by atoms with Gasteiger partial charge in [-0.1, -0.05) is 25.5 Å². The molecule has 2 amide bonds. The molecule has 1 aromatic carbocycles. The molecule has 1 fully saturated rings. The second-order valence-electron chi connectivity index (χ2n) is 7.99. The largest absolute Gasteiger partial charge is 0.356 e. The van der Waals surface area contributed by atoms with Crippen molar-refractivity contribution >= 4 is 22.7 Å². The minimum absolute atomic E-state index is 0.0102. The van der Waals surface area contributed by atoms with Crippen molar-refractivity contribution < 1.29 is 9.59 Å². The van der Waals surface area contributed by atoms with Gasteiger partial charge >= 0.3 is 5.69 Å². The van der Waals surface area contributed by atoms with Gasteiger partial charge in [0.2, 0.25) is 11.8 Å². The number of H-pyrrole nitrogens is 1. The van der Waals surface area contributed by atoms with E-state index in [9.17, 15) is 19.2 Å². The Hall–Kier alpha value is -2.90. The summed E-state index contributed by atoms with van der Waals surface area (Å²) in [5.41, 5.74) is -0.440. The number of aromatic nitrogens is 2. The Bertz CT molecular complexity index is 1030. The number of nitrogens with zero attached hydrogens (tertiary/aromatic N) is 2. The van der Waals surface area contributed by atoms with E-state index in [1.54, 1.807) is 29.2 Å². The van der Waals surface area contributed by atoms with Crippen molar-refractivity contribution in [3.63, 3.8) is 0 Å². The van der Waals surface area contributed by atoms with Gasteiger partial charge in [0.05, 0.1) is 16.8 Å². The van der Waals surface area contributed by atoms with E-state index in [1.807, 2.05) is 6.92 Å². The third kappa shape index (κ3) is 4.80. The SMILES string of the molecule is CCCCNC(=O)C1CCC(C)N(C(=O)CCn2c(=O)[nH]c(=O)c3ccccc32)C1. The highest BCUT2D eigenvalue weighted by molar-refractivity contribution is 5.82. The maximum Gasteiger partial charge on any atom is 0.328 e. The van der Waals surface area contributed by atoms with Gasteiger partial charge in [-0.15, -0.1) is 0 Å². The molecule has 8 heteroatoms. The number of hydrogen-bond donors (Lipinski definition) is 2. The lowest BCUT2D eigenvalue weighted by atomic mass is 9.92. The number of fused-ring (bicyclic) bond motifs is 1. The zero-order chi connectivity index (χ0) is 21.7. The fourth-order valence-electron chi connectivity index (χ4n) is 4.02. The van der Waals surface area contributed by atoms with E-state index in [0.717, 1.165) is 25.7 Å². The summed E-state index contributed by atoms with van der Waals surface area (Å²) in [6.45, 7) is 5.30. The second-order valence-corrected chi connectivity index (χ2v) is 7.99. The van der Waals surface area contributed by atoms with Crippen molar-refractivity contribution in [2.24, 2.45) is 5.92 Å². The molecule has 8 nitrogen and oxygen atoms in total. The Balaban J connectivity index is 1.68. The van der Waals surface area contributed by atoms with Gasteiger partial charge in [-0.3, -0.25) is 23.9 Å². The summed E-state index contributed by atoms with van der Waals surface area (Å²) in [6.07, 6.45) is 3.64. The molecule has 1 saturated heterocycles. The first kappa shape index (κ1) is 21.8. The van der Waals surface area contributed by atoms with Crippen LogP contribution in [0.4, 0.5) is 0 Å². The van der Waals surface area contributed by atoms with Crippen molar-refractivity contribution in [2.45, 2.75) is 58.5 Å². The highest BCUT2D eigenvalue weighted by Gasteiger charge is 2.32. The Morgan fingerprint density at radius 2 is 1.97 bits per heavy atom. The summed E-state index contributed by atoms with van der Waals surface area (Å²) < 4.78 is 1.43. The van der Waals surface area contributed by atoms with E-state index >= 15 is 0 Å². The normalized spacial score (nSPS) is 19.1. The molecule has 2 atom stereocenters. The van der Waals surface area contributed by atoms with Crippen molar-refractivity contribution in [3.05, 3.63) is 45.1 Å². The van der Waals surface area contributed by atoms with Crippen LogP contribution >= 0.6 is 0 Å². The molecule has 162 valence electrons. The highest BCUT2D eigenvalue weighted by Crippen LogP contribution is 2.23. The van der Waals surface area contributed by atoms with Gasteiger partial charge in [0.15, 0.2) is 0 Å². The number of aromatic amines is 1. The van der Waals surface area contributed by atoms with Gasteiger partial charge in [-0.05, 0) is 38.3 Å². The number of piperidine rings is 1. The zero-order valence-corrected chi connectivity index (χ0v) is 17.6. The third-order valence-electron chi connectivity index (χ3n) is 5.86. The summed E-state index contributed by atoms with van der Waals surface area (Å²) in [5, 5.41) is 3.38. The number of carbonyl (C=O) groups excluding carboxylic acids is 2. The van der Waals surface area contributed by atoms with Crippen LogP contribution in [0.3, 0.4) is 0 Å². The monoisotopic (exact) mass is 414 g/mol. The first-order valence-corrected chi connectivity index (χ1v) is 10.7. The minimum atomic E-state index is -0.522. The predicted molar refractivity (Wildman–Crippen MR) is 115 cm³/mol. The quantitative estimate of drug-likeness (QED) is 0.672. The number of benzene rings is 1. The smallest absolute Gasteiger partial charge is 0.328 e. The van der Waals surface area contributed by atoms with Gasteiger partial charge in [0.1, 0.15) is 0 Å². The van der Waals surface area contributed by atoms with E-state index < -0.39 is 11.2 Å². The van der Waals surface area contributed by atoms with Crippen LogP contribution in [-0.4, -0.2) is 45.4 Å². The molecule has 0 radical (unpaired) electrons. The van der Waals surface area contributed by atoms with Crippen LogP contribution in [0.2, 0.25) is 0 Å². The van der Waals surface area contributed by atoms with Gasteiger partial charge in [0, 0.05) is 32.1 Å². The molecule has 2 unspecified atom stereocenters. The summed E-state index contributed by atoms with van der Waals surface area (Å²) in [6, 6.07) is 6.91. The molecule has 2 N–H and O–H groups in total. The Morgan fingerprint density at radius 3 is 2.73 bits per heavy atom. The van der Waals surface area contributed by atoms with Crippen molar-refractivity contribution in [1.82, 2.24) is 19.8 Å². The van der Waals surface area contributed by atoms with Gasteiger partial charge in [-0.25, -0.2) is 4.79 Å². The first-order chi connectivity index (χ1) is 14.4. The summed E-state index contributed by atoms with van der Waals surface area (Å²) in [5.74, 6) is -0.273. The molecule has 2 aromatic rings. The molecule has 0 saturated carbocycles. The third-order valence-corrected chi connectivity index (χ3v) is 5.86. The zero-order valence-electron chi connectivity index (χ0n) is 17.6. The number of amides is 2. The highest BCUT2D eigenvalue weighted by atomic mass is 16.2. The fraction of sp³-hybridized carbons (Fsp3) is 0.545. The summed E-state index contributed by atoms with van der Waals surface area (Å²) in [4.78, 5) is 53.7. The summed E-state index contributed by atoms with van der Waals surface area (Å²) >= 11 is 0. The second kappa shape index (κ2) is 9.73. The van der Waals surface area contributed by atoms with E-state index in [0.29, 0.717) is 24.0 Å². The van der Waals surface area contributed by atoms with Crippen molar-refractivity contribution in [2.75, 3.05) is 13.1 Å². The lowest BCUT2D eigenvalue weighted by Gasteiger charge is -2.37. The fourth-order valence-corrected chi connectivity index (χ4v) is 4.02. The standard InChI is InChI=1S/C22H30N4O4/c1-3-4-12-23-20(28)16-10-9-15(2)26(14-16)19(27)11-13-25-18-8-6-5-7-17(18)21(29)24-22(25)30/h5-8,15-16H,3-4,9-14H2,1-2H3,(H,23,28)(H,24,29,30). The Morgan fingerprint density at radius 1 is 1.20 bits per heavy atom. The topological polar surface area (TPSA) is 104 Å². The number of hydrogen-bond acceptors (Lipinski definition) is 4. The lowest BCUT2D eigenvalue weighted by Crippen LogP contribution is -2.49. The van der Waals surface area contributed by atoms with E-state index in [1.165, 1.54) is 4.57 Å². The molecule has 1 aliphatic heterocycles. The molecule has 0 bridgehead atoms.